The number of thioether (sulfide) groups is 1. The highest BCUT2D eigenvalue weighted by molar-refractivity contribution is 8.02. The fraction of sp³-hybridized carbons (Fsp3) is 0.130. The molecule has 6 heteroatoms. The monoisotopic (exact) mass is 420 g/mol. The molecule has 1 fully saturated rings. The van der Waals surface area contributed by atoms with Crippen LogP contribution in [0.5, 0.6) is 0 Å². The van der Waals surface area contributed by atoms with Gasteiger partial charge in [-0.05, 0) is 35.9 Å². The van der Waals surface area contributed by atoms with Crippen molar-refractivity contribution in [1.29, 1.82) is 0 Å². The predicted octanol–water partition coefficient (Wildman–Crippen LogP) is 4.82. The molecule has 144 valence electrons. The van der Waals surface area contributed by atoms with Crippen molar-refractivity contribution in [2.75, 3.05) is 15.6 Å². The number of fused-ring (bicyclic) bond motifs is 2. The Hall–Kier alpha value is -2.76. The summed E-state index contributed by atoms with van der Waals surface area (Å²) in [5, 5.41) is 0.589. The normalized spacial score (nSPS) is 20.6. The van der Waals surface area contributed by atoms with E-state index >= 15 is 0 Å². The second-order valence-electron chi connectivity index (χ2n) is 7.03. The summed E-state index contributed by atoms with van der Waals surface area (Å²) >= 11 is 7.43. The van der Waals surface area contributed by atoms with Gasteiger partial charge in [0.2, 0.25) is 10.8 Å². The number of halogens is 1. The summed E-state index contributed by atoms with van der Waals surface area (Å²) in [6.45, 7) is 0.460. The molecule has 1 spiro atoms. The molecule has 2 amide bonds. The van der Waals surface area contributed by atoms with Crippen molar-refractivity contribution in [2.24, 2.45) is 0 Å². The van der Waals surface area contributed by atoms with Gasteiger partial charge in [-0.1, -0.05) is 60.1 Å². The number of para-hydroxylation sites is 1. The van der Waals surface area contributed by atoms with Crippen LogP contribution in [0.3, 0.4) is 0 Å². The Labute approximate surface area is 178 Å². The number of rotatable bonds is 3. The van der Waals surface area contributed by atoms with Gasteiger partial charge in [-0.15, -0.1) is 11.8 Å². The minimum absolute atomic E-state index is 0.0814. The van der Waals surface area contributed by atoms with E-state index in [0.717, 1.165) is 16.8 Å². The van der Waals surface area contributed by atoms with E-state index in [1.807, 2.05) is 54.6 Å². The third kappa shape index (κ3) is 2.76. The van der Waals surface area contributed by atoms with Crippen molar-refractivity contribution in [1.82, 2.24) is 0 Å². The molecule has 2 heterocycles. The van der Waals surface area contributed by atoms with Crippen molar-refractivity contribution >= 4 is 46.6 Å². The molecule has 4 nitrogen and oxygen atoms in total. The van der Waals surface area contributed by atoms with Gasteiger partial charge in [0.25, 0.3) is 5.91 Å². The Balaban J connectivity index is 1.65. The molecular formula is C23H17ClN2O2S. The molecule has 0 N–H and O–H groups in total. The van der Waals surface area contributed by atoms with Crippen molar-refractivity contribution in [3.8, 4) is 0 Å². The number of hydrogen-bond acceptors (Lipinski definition) is 3. The number of benzene rings is 3. The van der Waals surface area contributed by atoms with Gasteiger partial charge in [-0.3, -0.25) is 14.5 Å². The third-order valence-electron chi connectivity index (χ3n) is 5.33. The quantitative estimate of drug-likeness (QED) is 0.610. The van der Waals surface area contributed by atoms with Crippen LogP contribution < -0.4 is 9.80 Å². The first-order valence-electron chi connectivity index (χ1n) is 9.29. The van der Waals surface area contributed by atoms with E-state index in [9.17, 15) is 9.59 Å². The second-order valence-corrected chi connectivity index (χ2v) is 8.64. The van der Waals surface area contributed by atoms with Crippen molar-refractivity contribution in [3.63, 3.8) is 0 Å². The smallest absolute Gasteiger partial charge is 0.269 e. The first-order valence-corrected chi connectivity index (χ1v) is 10.7. The van der Waals surface area contributed by atoms with Gasteiger partial charge in [-0.25, -0.2) is 0 Å². The van der Waals surface area contributed by atoms with Crippen molar-refractivity contribution in [2.45, 2.75) is 11.4 Å². The van der Waals surface area contributed by atoms with Gasteiger partial charge < -0.3 is 4.90 Å². The molecule has 0 aliphatic carbocycles. The summed E-state index contributed by atoms with van der Waals surface area (Å²) in [5.41, 5.74) is 3.42. The molecule has 3 aromatic carbocycles. The van der Waals surface area contributed by atoms with Crippen LogP contribution in [0.1, 0.15) is 11.1 Å². The van der Waals surface area contributed by atoms with Crippen LogP contribution in [0.2, 0.25) is 5.02 Å². The van der Waals surface area contributed by atoms with Gasteiger partial charge in [-0.2, -0.15) is 0 Å². The molecule has 0 radical (unpaired) electrons. The highest BCUT2D eigenvalue weighted by Gasteiger charge is 2.60. The number of hydrogen-bond donors (Lipinski definition) is 0. The summed E-state index contributed by atoms with van der Waals surface area (Å²) in [5.74, 6) is 0.0809. The maximum atomic E-state index is 13.9. The SMILES string of the molecule is O=C1CSC2(C(=O)N(Cc3ccccc3)c3ccccc32)N1c1ccc(Cl)cc1. The summed E-state index contributed by atoms with van der Waals surface area (Å²) in [7, 11) is 0. The second kappa shape index (κ2) is 6.94. The molecular weight excluding hydrogens is 404 g/mol. The standard InChI is InChI=1S/C23H17ClN2O2S/c24-17-10-12-18(13-11-17)26-21(27)15-29-23(26)19-8-4-5-9-20(19)25(22(23)28)14-16-6-2-1-3-7-16/h1-13H,14-15H2. The van der Waals surface area contributed by atoms with Crippen LogP contribution in [0.25, 0.3) is 0 Å². The maximum Gasteiger partial charge on any atom is 0.269 e. The zero-order chi connectivity index (χ0) is 20.0. The van der Waals surface area contributed by atoms with E-state index in [-0.39, 0.29) is 17.6 Å². The third-order valence-corrected chi connectivity index (χ3v) is 6.97. The van der Waals surface area contributed by atoms with Gasteiger partial charge in [0, 0.05) is 16.3 Å². The lowest BCUT2D eigenvalue weighted by molar-refractivity contribution is -0.123. The minimum atomic E-state index is -1.09. The number of anilines is 2. The largest absolute Gasteiger partial charge is 0.304 e. The van der Waals surface area contributed by atoms with Crippen LogP contribution in [0.4, 0.5) is 11.4 Å². The van der Waals surface area contributed by atoms with Gasteiger partial charge in [0.05, 0.1) is 18.0 Å². The molecule has 0 bridgehead atoms. The predicted molar refractivity (Wildman–Crippen MR) is 117 cm³/mol. The maximum absolute atomic E-state index is 13.9. The molecule has 5 rings (SSSR count). The van der Waals surface area contributed by atoms with Crippen LogP contribution in [-0.4, -0.2) is 17.6 Å². The van der Waals surface area contributed by atoms with E-state index < -0.39 is 4.87 Å². The fourth-order valence-corrected chi connectivity index (χ4v) is 5.55. The molecule has 0 aromatic heterocycles. The van der Waals surface area contributed by atoms with Crippen molar-refractivity contribution in [3.05, 3.63) is 95.0 Å². The molecule has 29 heavy (non-hydrogen) atoms. The topological polar surface area (TPSA) is 40.6 Å². The number of amides is 2. The number of carbonyl (C=O) groups excluding carboxylic acids is 2. The Kier molecular flexibility index (Phi) is 4.37. The Morgan fingerprint density at radius 2 is 1.59 bits per heavy atom. The Bertz CT molecular complexity index is 1100. The van der Waals surface area contributed by atoms with E-state index in [1.165, 1.54) is 11.8 Å². The zero-order valence-electron chi connectivity index (χ0n) is 15.4. The summed E-state index contributed by atoms with van der Waals surface area (Å²) in [4.78, 5) is 29.2. The summed E-state index contributed by atoms with van der Waals surface area (Å²) in [6.07, 6.45) is 0. The van der Waals surface area contributed by atoms with Gasteiger partial charge in [0.1, 0.15) is 0 Å². The van der Waals surface area contributed by atoms with Gasteiger partial charge >= 0.3 is 0 Å². The van der Waals surface area contributed by atoms with Gasteiger partial charge in [0.15, 0.2) is 0 Å². The lowest BCUT2D eigenvalue weighted by Crippen LogP contribution is -2.49. The van der Waals surface area contributed by atoms with Crippen molar-refractivity contribution < 1.29 is 9.59 Å². The zero-order valence-corrected chi connectivity index (χ0v) is 17.0. The van der Waals surface area contributed by atoms with Crippen LogP contribution >= 0.6 is 23.4 Å². The number of nitrogens with zero attached hydrogens (tertiary/aromatic N) is 2. The van der Waals surface area contributed by atoms with E-state index in [1.54, 1.807) is 34.1 Å². The van der Waals surface area contributed by atoms with E-state index in [4.69, 9.17) is 11.6 Å². The van der Waals surface area contributed by atoms with E-state index in [2.05, 4.69) is 0 Å². The summed E-state index contributed by atoms with van der Waals surface area (Å²) in [6, 6.07) is 24.7. The highest BCUT2D eigenvalue weighted by Crippen LogP contribution is 2.55. The van der Waals surface area contributed by atoms with Crippen LogP contribution in [0.15, 0.2) is 78.9 Å². The lowest BCUT2D eigenvalue weighted by atomic mass is 10.0. The molecule has 2 aliphatic rings. The molecule has 0 saturated carbocycles. The average Bonchev–Trinajstić information content (AvgIpc) is 3.21. The Morgan fingerprint density at radius 1 is 0.897 bits per heavy atom. The first kappa shape index (κ1) is 18.3. The number of carbonyl (C=O) groups is 2. The molecule has 1 saturated heterocycles. The minimum Gasteiger partial charge on any atom is -0.304 e. The summed E-state index contributed by atoms with van der Waals surface area (Å²) < 4.78 is 0. The lowest BCUT2D eigenvalue weighted by Gasteiger charge is -2.33. The Morgan fingerprint density at radius 3 is 2.34 bits per heavy atom. The average molecular weight is 421 g/mol. The fourth-order valence-electron chi connectivity index (χ4n) is 4.07. The van der Waals surface area contributed by atoms with Crippen LogP contribution in [-0.2, 0) is 21.0 Å². The van der Waals surface area contributed by atoms with Crippen LogP contribution in [0, 0.1) is 0 Å². The molecule has 3 aromatic rings. The highest BCUT2D eigenvalue weighted by atomic mass is 35.5. The molecule has 1 unspecified atom stereocenters. The molecule has 1 atom stereocenters. The first-order chi connectivity index (χ1) is 14.1. The van der Waals surface area contributed by atoms with E-state index in [0.29, 0.717) is 17.3 Å². The molecule has 2 aliphatic heterocycles.